The molecule has 0 saturated carbocycles. The number of pyridine rings is 1. The fraction of sp³-hybridized carbons (Fsp3) is 0.400. The van der Waals surface area contributed by atoms with Crippen LogP contribution < -0.4 is 10.5 Å². The normalized spacial score (nSPS) is 11.6. The van der Waals surface area contributed by atoms with E-state index in [1.54, 1.807) is 13.8 Å². The number of aromatic nitrogens is 1. The zero-order chi connectivity index (χ0) is 13.2. The number of nitrogens with two attached hydrogens (primary N) is 1. The first kappa shape index (κ1) is 13.3. The van der Waals surface area contributed by atoms with Gasteiger partial charge in [-0.1, -0.05) is 0 Å². The average molecular weight is 247 g/mol. The van der Waals surface area contributed by atoms with Crippen LogP contribution in [0.25, 0.3) is 0 Å². The smallest absolute Gasteiger partial charge is 0.420 e. The maximum atomic E-state index is 12.7. The molecule has 1 heterocycles. The Morgan fingerprint density at radius 2 is 2.06 bits per heavy atom. The summed E-state index contributed by atoms with van der Waals surface area (Å²) >= 11 is 0. The minimum atomic E-state index is -4.57. The molecule has 0 aliphatic carbocycles. The fourth-order valence-corrected chi connectivity index (χ4v) is 1.16. The Balaban J connectivity index is 3.27. The SMILES string of the molecule is CC(C)Oc1cnc(C(=N)N)cc1C(F)(F)F. The van der Waals surface area contributed by atoms with Crippen molar-refractivity contribution >= 4 is 5.84 Å². The highest BCUT2D eigenvalue weighted by Gasteiger charge is 2.35. The van der Waals surface area contributed by atoms with Crippen molar-refractivity contribution < 1.29 is 17.9 Å². The van der Waals surface area contributed by atoms with Crippen LogP contribution >= 0.6 is 0 Å². The molecule has 0 aliphatic heterocycles. The van der Waals surface area contributed by atoms with E-state index in [1.807, 2.05) is 0 Å². The van der Waals surface area contributed by atoms with Crippen LogP contribution in [0.15, 0.2) is 12.3 Å². The molecule has 1 aromatic rings. The third-order valence-electron chi connectivity index (χ3n) is 1.81. The summed E-state index contributed by atoms with van der Waals surface area (Å²) in [6, 6.07) is 0.708. The predicted octanol–water partition coefficient (Wildman–Crippen LogP) is 2.17. The molecule has 0 aliphatic rings. The zero-order valence-electron chi connectivity index (χ0n) is 9.30. The molecule has 0 aromatic carbocycles. The number of nitrogens with one attached hydrogen (secondary N) is 1. The van der Waals surface area contributed by atoms with Gasteiger partial charge in [0.05, 0.1) is 12.3 Å². The first-order valence-corrected chi connectivity index (χ1v) is 4.80. The summed E-state index contributed by atoms with van der Waals surface area (Å²) in [4.78, 5) is 3.63. The van der Waals surface area contributed by atoms with Crippen molar-refractivity contribution in [2.24, 2.45) is 5.73 Å². The van der Waals surface area contributed by atoms with Gasteiger partial charge in [0, 0.05) is 0 Å². The quantitative estimate of drug-likeness (QED) is 0.635. The van der Waals surface area contributed by atoms with Gasteiger partial charge in [-0.2, -0.15) is 13.2 Å². The number of hydrogen-bond donors (Lipinski definition) is 2. The van der Waals surface area contributed by atoms with Gasteiger partial charge >= 0.3 is 6.18 Å². The summed E-state index contributed by atoms with van der Waals surface area (Å²) in [7, 11) is 0. The first-order valence-electron chi connectivity index (χ1n) is 4.80. The van der Waals surface area contributed by atoms with Gasteiger partial charge in [-0.05, 0) is 19.9 Å². The van der Waals surface area contributed by atoms with E-state index in [0.29, 0.717) is 6.07 Å². The van der Waals surface area contributed by atoms with Crippen molar-refractivity contribution in [1.29, 1.82) is 5.41 Å². The van der Waals surface area contributed by atoms with Crippen LogP contribution in [0.5, 0.6) is 5.75 Å². The average Bonchev–Trinajstić information content (AvgIpc) is 2.15. The number of amidine groups is 1. The predicted molar refractivity (Wildman–Crippen MR) is 56.0 cm³/mol. The molecule has 0 bridgehead atoms. The second-order valence-electron chi connectivity index (χ2n) is 3.64. The van der Waals surface area contributed by atoms with E-state index in [4.69, 9.17) is 15.9 Å². The minimum Gasteiger partial charge on any atom is -0.489 e. The van der Waals surface area contributed by atoms with Gasteiger partial charge in [-0.3, -0.25) is 5.41 Å². The van der Waals surface area contributed by atoms with E-state index in [0.717, 1.165) is 6.20 Å². The molecule has 0 atom stereocenters. The van der Waals surface area contributed by atoms with Gasteiger partial charge < -0.3 is 10.5 Å². The van der Waals surface area contributed by atoms with Gasteiger partial charge in [0.1, 0.15) is 22.8 Å². The van der Waals surface area contributed by atoms with Crippen molar-refractivity contribution in [1.82, 2.24) is 4.98 Å². The molecule has 1 aromatic heterocycles. The number of halogens is 3. The Kier molecular flexibility index (Phi) is 3.59. The summed E-state index contributed by atoms with van der Waals surface area (Å²) in [6.07, 6.45) is -4.04. The number of nitrogen functional groups attached to an aromatic ring is 1. The molecule has 0 radical (unpaired) electrons. The molecular weight excluding hydrogens is 235 g/mol. The highest BCUT2D eigenvalue weighted by Crippen LogP contribution is 2.36. The lowest BCUT2D eigenvalue weighted by Gasteiger charge is -2.16. The molecule has 1 rings (SSSR count). The van der Waals surface area contributed by atoms with Crippen LogP contribution in [0.2, 0.25) is 0 Å². The molecule has 0 amide bonds. The fourth-order valence-electron chi connectivity index (χ4n) is 1.16. The third kappa shape index (κ3) is 3.33. The van der Waals surface area contributed by atoms with Crippen molar-refractivity contribution in [3.05, 3.63) is 23.5 Å². The summed E-state index contributed by atoms with van der Waals surface area (Å²) in [5, 5.41) is 7.06. The number of rotatable bonds is 3. The van der Waals surface area contributed by atoms with Crippen molar-refractivity contribution in [2.75, 3.05) is 0 Å². The van der Waals surface area contributed by atoms with Gasteiger partial charge in [-0.15, -0.1) is 0 Å². The number of nitrogens with zero attached hydrogens (tertiary/aromatic N) is 1. The van der Waals surface area contributed by atoms with Crippen LogP contribution in [0.1, 0.15) is 25.1 Å². The van der Waals surface area contributed by atoms with Crippen molar-refractivity contribution in [3.63, 3.8) is 0 Å². The summed E-state index contributed by atoms with van der Waals surface area (Å²) in [6.45, 7) is 3.22. The minimum absolute atomic E-state index is 0.228. The van der Waals surface area contributed by atoms with Crippen LogP contribution in [-0.4, -0.2) is 16.9 Å². The van der Waals surface area contributed by atoms with Crippen LogP contribution in [0.4, 0.5) is 13.2 Å². The first-order chi connectivity index (χ1) is 7.71. The molecule has 0 saturated heterocycles. The monoisotopic (exact) mass is 247 g/mol. The van der Waals surface area contributed by atoms with Gasteiger partial charge in [0.2, 0.25) is 0 Å². The van der Waals surface area contributed by atoms with Crippen LogP contribution in [-0.2, 0) is 6.18 Å². The Morgan fingerprint density at radius 1 is 1.47 bits per heavy atom. The molecule has 7 heteroatoms. The molecule has 0 unspecified atom stereocenters. The summed E-state index contributed by atoms with van der Waals surface area (Å²) in [5.41, 5.74) is 3.88. The van der Waals surface area contributed by atoms with E-state index >= 15 is 0 Å². The van der Waals surface area contributed by atoms with E-state index in [-0.39, 0.29) is 11.4 Å². The number of hydrogen-bond acceptors (Lipinski definition) is 3. The van der Waals surface area contributed by atoms with Crippen molar-refractivity contribution in [2.45, 2.75) is 26.1 Å². The highest BCUT2D eigenvalue weighted by molar-refractivity contribution is 5.93. The number of ether oxygens (including phenoxy) is 1. The lowest BCUT2D eigenvalue weighted by molar-refractivity contribution is -0.139. The zero-order valence-corrected chi connectivity index (χ0v) is 9.30. The Morgan fingerprint density at radius 3 is 2.47 bits per heavy atom. The highest BCUT2D eigenvalue weighted by atomic mass is 19.4. The van der Waals surface area contributed by atoms with Crippen LogP contribution in [0, 0.1) is 5.41 Å². The topological polar surface area (TPSA) is 72.0 Å². The largest absolute Gasteiger partial charge is 0.489 e. The summed E-state index contributed by atoms with van der Waals surface area (Å²) < 4.78 is 43.2. The van der Waals surface area contributed by atoms with E-state index in [2.05, 4.69) is 4.98 Å². The lowest BCUT2D eigenvalue weighted by atomic mass is 10.2. The van der Waals surface area contributed by atoms with Crippen molar-refractivity contribution in [3.8, 4) is 5.75 Å². The van der Waals surface area contributed by atoms with Gasteiger partial charge in [0.15, 0.2) is 0 Å². The standard InChI is InChI=1S/C10H12F3N3O/c1-5(2)17-8-4-16-7(9(14)15)3-6(8)10(11,12)13/h3-5H,1-2H3,(H3,14,15). The van der Waals surface area contributed by atoms with E-state index in [1.165, 1.54) is 0 Å². The maximum absolute atomic E-state index is 12.7. The molecule has 94 valence electrons. The Hall–Kier alpha value is -1.79. The molecule has 3 N–H and O–H groups in total. The molecule has 0 fully saturated rings. The molecule has 17 heavy (non-hydrogen) atoms. The van der Waals surface area contributed by atoms with Gasteiger partial charge in [0.25, 0.3) is 0 Å². The third-order valence-corrected chi connectivity index (χ3v) is 1.81. The molecule has 0 spiro atoms. The lowest BCUT2D eigenvalue weighted by Crippen LogP contribution is -2.18. The second kappa shape index (κ2) is 4.60. The van der Waals surface area contributed by atoms with E-state index in [9.17, 15) is 13.2 Å². The van der Waals surface area contributed by atoms with E-state index < -0.39 is 23.7 Å². The maximum Gasteiger partial charge on any atom is 0.420 e. The molecule has 4 nitrogen and oxygen atoms in total. The van der Waals surface area contributed by atoms with Gasteiger partial charge in [-0.25, -0.2) is 4.98 Å². The van der Waals surface area contributed by atoms with Crippen LogP contribution in [0.3, 0.4) is 0 Å². The molecular formula is C10H12F3N3O. The second-order valence-corrected chi connectivity index (χ2v) is 3.64. The Bertz CT molecular complexity index is 429. The number of alkyl halides is 3. The Labute approximate surface area is 96.1 Å². The summed E-state index contributed by atoms with van der Waals surface area (Å²) in [5.74, 6) is -0.885.